The molecule has 1 atom stereocenters. The zero-order valence-electron chi connectivity index (χ0n) is 15.9. The highest BCUT2D eigenvalue weighted by molar-refractivity contribution is 5.95. The maximum absolute atomic E-state index is 14.7. The van der Waals surface area contributed by atoms with Crippen molar-refractivity contribution in [1.29, 1.82) is 0 Å². The van der Waals surface area contributed by atoms with Crippen LogP contribution >= 0.6 is 12.4 Å². The van der Waals surface area contributed by atoms with E-state index in [2.05, 4.69) is 0 Å². The van der Waals surface area contributed by atoms with Crippen LogP contribution in [0.3, 0.4) is 0 Å². The average Bonchev–Trinajstić information content (AvgIpc) is 2.63. The van der Waals surface area contributed by atoms with Crippen LogP contribution in [0.25, 0.3) is 11.1 Å². The summed E-state index contributed by atoms with van der Waals surface area (Å²) in [5.41, 5.74) is 7.65. The van der Waals surface area contributed by atoms with Crippen LogP contribution in [-0.2, 0) is 0 Å². The Balaban J connectivity index is 0.00000261. The fraction of sp³-hybridized carbons (Fsp3) is 0.381. The molecule has 27 heavy (non-hydrogen) atoms. The number of methoxy groups -OCH3 is 1. The third-order valence-electron chi connectivity index (χ3n) is 5.22. The number of benzene rings is 2. The van der Waals surface area contributed by atoms with Crippen LogP contribution in [0.2, 0.25) is 0 Å². The van der Waals surface area contributed by atoms with E-state index >= 15 is 0 Å². The first-order valence-corrected chi connectivity index (χ1v) is 8.80. The van der Waals surface area contributed by atoms with Gasteiger partial charge in [-0.15, -0.1) is 12.4 Å². The standard InChI is InChI=1S/C21H25FN2O2.ClH/c1-21(2)13-24(11-10-19(21)23)20(25)17-9-6-15(12-18(17)22)14-4-7-16(26-3)8-5-14;/h4-9,12,19H,10-11,13,23H2,1-3H3;1H. The molecular weight excluding hydrogens is 367 g/mol. The van der Waals surface area contributed by atoms with Crippen molar-refractivity contribution in [3.63, 3.8) is 0 Å². The minimum Gasteiger partial charge on any atom is -0.497 e. The minimum absolute atomic E-state index is 0. The first-order chi connectivity index (χ1) is 12.3. The second-order valence-electron chi connectivity index (χ2n) is 7.53. The lowest BCUT2D eigenvalue weighted by Gasteiger charge is -2.42. The summed E-state index contributed by atoms with van der Waals surface area (Å²) in [5.74, 6) is -0.0355. The molecule has 0 radical (unpaired) electrons. The zero-order chi connectivity index (χ0) is 18.9. The third kappa shape index (κ3) is 4.42. The molecule has 3 rings (SSSR count). The minimum atomic E-state index is -0.504. The van der Waals surface area contributed by atoms with Gasteiger partial charge in [0.25, 0.3) is 5.91 Å². The highest BCUT2D eigenvalue weighted by Gasteiger charge is 2.36. The second kappa shape index (κ2) is 8.28. The molecule has 1 aliphatic rings. The normalized spacial score (nSPS) is 18.6. The van der Waals surface area contributed by atoms with Gasteiger partial charge in [-0.2, -0.15) is 0 Å². The van der Waals surface area contributed by atoms with Crippen molar-refractivity contribution in [3.05, 3.63) is 53.8 Å². The molecule has 1 fully saturated rings. The van der Waals surface area contributed by atoms with Crippen LogP contribution < -0.4 is 10.5 Å². The maximum Gasteiger partial charge on any atom is 0.256 e. The van der Waals surface area contributed by atoms with E-state index in [4.69, 9.17) is 10.5 Å². The molecule has 0 saturated carbocycles. The van der Waals surface area contributed by atoms with Crippen molar-refractivity contribution in [3.8, 4) is 16.9 Å². The van der Waals surface area contributed by atoms with Gasteiger partial charge in [0.1, 0.15) is 11.6 Å². The lowest BCUT2D eigenvalue weighted by atomic mass is 9.79. The largest absolute Gasteiger partial charge is 0.497 e. The van der Waals surface area contributed by atoms with E-state index in [1.54, 1.807) is 24.1 Å². The Labute approximate surface area is 165 Å². The Morgan fingerprint density at radius 2 is 1.81 bits per heavy atom. The van der Waals surface area contributed by atoms with Crippen molar-refractivity contribution in [2.45, 2.75) is 26.3 Å². The van der Waals surface area contributed by atoms with Gasteiger partial charge >= 0.3 is 0 Å². The molecule has 4 nitrogen and oxygen atoms in total. The van der Waals surface area contributed by atoms with Gasteiger partial charge < -0.3 is 15.4 Å². The molecule has 2 aromatic carbocycles. The van der Waals surface area contributed by atoms with Crippen LogP contribution in [0.15, 0.2) is 42.5 Å². The quantitative estimate of drug-likeness (QED) is 0.854. The van der Waals surface area contributed by atoms with Crippen LogP contribution in [0.1, 0.15) is 30.6 Å². The summed E-state index contributed by atoms with van der Waals surface area (Å²) >= 11 is 0. The van der Waals surface area contributed by atoms with E-state index in [0.717, 1.165) is 23.3 Å². The summed E-state index contributed by atoms with van der Waals surface area (Å²) in [4.78, 5) is 14.5. The van der Waals surface area contributed by atoms with E-state index in [0.29, 0.717) is 13.1 Å². The second-order valence-corrected chi connectivity index (χ2v) is 7.53. The van der Waals surface area contributed by atoms with Crippen LogP contribution in [0.5, 0.6) is 5.75 Å². The van der Waals surface area contributed by atoms with Crippen LogP contribution in [0.4, 0.5) is 4.39 Å². The van der Waals surface area contributed by atoms with E-state index < -0.39 is 5.82 Å². The molecule has 1 aliphatic heterocycles. The molecule has 0 bridgehead atoms. The molecule has 146 valence electrons. The molecule has 2 N–H and O–H groups in total. The van der Waals surface area contributed by atoms with E-state index in [-0.39, 0.29) is 35.3 Å². The van der Waals surface area contributed by atoms with Crippen LogP contribution in [0, 0.1) is 11.2 Å². The first-order valence-electron chi connectivity index (χ1n) is 8.80. The fourth-order valence-electron chi connectivity index (χ4n) is 3.37. The van der Waals surface area contributed by atoms with E-state index in [9.17, 15) is 9.18 Å². The van der Waals surface area contributed by atoms with Gasteiger partial charge in [-0.3, -0.25) is 4.79 Å². The molecule has 1 saturated heterocycles. The van der Waals surface area contributed by atoms with Gasteiger partial charge in [0.15, 0.2) is 0 Å². The Hall–Kier alpha value is -2.11. The monoisotopic (exact) mass is 392 g/mol. The van der Waals surface area contributed by atoms with Gasteiger partial charge in [0.2, 0.25) is 0 Å². The van der Waals surface area contributed by atoms with E-state index in [1.165, 1.54) is 6.07 Å². The molecule has 0 spiro atoms. The SMILES string of the molecule is COc1ccc(-c2ccc(C(=O)N3CCC(N)C(C)(C)C3)c(F)c2)cc1.Cl. The molecule has 2 aromatic rings. The van der Waals surface area contributed by atoms with Gasteiger partial charge in [-0.1, -0.05) is 32.0 Å². The molecule has 1 unspecified atom stereocenters. The van der Waals surface area contributed by atoms with Crippen molar-refractivity contribution in [1.82, 2.24) is 4.90 Å². The number of halogens is 2. The predicted molar refractivity (Wildman–Crippen MR) is 108 cm³/mol. The maximum atomic E-state index is 14.7. The highest BCUT2D eigenvalue weighted by atomic mass is 35.5. The summed E-state index contributed by atoms with van der Waals surface area (Å²) in [7, 11) is 1.60. The number of rotatable bonds is 3. The molecule has 6 heteroatoms. The van der Waals surface area contributed by atoms with Crippen molar-refractivity contribution in [2.24, 2.45) is 11.1 Å². The number of carbonyl (C=O) groups excluding carboxylic acids is 1. The van der Waals surface area contributed by atoms with Crippen molar-refractivity contribution in [2.75, 3.05) is 20.2 Å². The van der Waals surface area contributed by atoms with Crippen LogP contribution in [-0.4, -0.2) is 37.0 Å². The zero-order valence-corrected chi connectivity index (χ0v) is 16.7. The highest BCUT2D eigenvalue weighted by Crippen LogP contribution is 2.30. The molecule has 1 amide bonds. The Morgan fingerprint density at radius 1 is 1.19 bits per heavy atom. The van der Waals surface area contributed by atoms with E-state index in [1.807, 2.05) is 38.1 Å². The number of hydrogen-bond donors (Lipinski definition) is 1. The summed E-state index contributed by atoms with van der Waals surface area (Å²) in [6.07, 6.45) is 0.726. The predicted octanol–water partition coefficient (Wildman–Crippen LogP) is 4.12. The summed E-state index contributed by atoms with van der Waals surface area (Å²) in [6.45, 7) is 5.18. The van der Waals surface area contributed by atoms with Gasteiger partial charge in [-0.25, -0.2) is 4.39 Å². The first kappa shape index (κ1) is 21.2. The smallest absolute Gasteiger partial charge is 0.256 e. The molecule has 1 heterocycles. The Bertz CT molecular complexity index is 808. The third-order valence-corrected chi connectivity index (χ3v) is 5.22. The topological polar surface area (TPSA) is 55.6 Å². The number of amides is 1. The number of ether oxygens (including phenoxy) is 1. The number of nitrogens with zero attached hydrogens (tertiary/aromatic N) is 1. The lowest BCUT2D eigenvalue weighted by Crippen LogP contribution is -2.54. The Kier molecular flexibility index (Phi) is 6.50. The van der Waals surface area contributed by atoms with Gasteiger partial charge in [0, 0.05) is 19.1 Å². The summed E-state index contributed by atoms with van der Waals surface area (Å²) < 4.78 is 19.8. The Morgan fingerprint density at radius 3 is 2.37 bits per heavy atom. The number of likely N-dealkylation sites (tertiary alicyclic amines) is 1. The van der Waals surface area contributed by atoms with Gasteiger partial charge in [-0.05, 0) is 47.2 Å². The molecular formula is C21H26ClFN2O2. The van der Waals surface area contributed by atoms with Crippen molar-refractivity contribution >= 4 is 18.3 Å². The van der Waals surface area contributed by atoms with Gasteiger partial charge in [0.05, 0.1) is 12.7 Å². The fourth-order valence-corrected chi connectivity index (χ4v) is 3.37. The number of carbonyl (C=O) groups is 1. The molecule has 0 aromatic heterocycles. The summed E-state index contributed by atoms with van der Waals surface area (Å²) in [6, 6.07) is 12.2. The summed E-state index contributed by atoms with van der Waals surface area (Å²) in [5, 5.41) is 0. The average molecular weight is 393 g/mol. The van der Waals surface area contributed by atoms with Crippen molar-refractivity contribution < 1.29 is 13.9 Å². The molecule has 0 aliphatic carbocycles. The number of piperidine rings is 1. The number of hydrogen-bond acceptors (Lipinski definition) is 3. The number of nitrogens with two attached hydrogens (primary N) is 1. The lowest BCUT2D eigenvalue weighted by molar-refractivity contribution is 0.0528.